The monoisotopic (exact) mass is 707 g/mol. The summed E-state index contributed by atoms with van der Waals surface area (Å²) in [5.74, 6) is -0.571. The molecule has 0 spiro atoms. The highest BCUT2D eigenvalue weighted by Crippen LogP contribution is 2.45. The summed E-state index contributed by atoms with van der Waals surface area (Å²) in [6.07, 6.45) is 16.8. The van der Waals surface area contributed by atoms with E-state index in [1.54, 1.807) is 48.3 Å². The van der Waals surface area contributed by atoms with Gasteiger partial charge < -0.3 is 25.4 Å². The Labute approximate surface area is 308 Å². The van der Waals surface area contributed by atoms with Crippen LogP contribution in [0.1, 0.15) is 138 Å². The number of unbranched alkanes of at least 4 members (excludes halogenated alkanes) is 11. The first kappa shape index (κ1) is 41.8. The van der Waals surface area contributed by atoms with Gasteiger partial charge in [-0.1, -0.05) is 85.0 Å². The molecular formula is C42H66N4O5. The summed E-state index contributed by atoms with van der Waals surface area (Å²) in [6, 6.07) is 14.4. The number of nitrogens with one attached hydrogen (secondary N) is 3. The molecule has 9 nitrogen and oxygen atoms in total. The zero-order chi connectivity index (χ0) is 37.1. The van der Waals surface area contributed by atoms with Crippen molar-refractivity contribution in [3.05, 3.63) is 59.7 Å². The lowest BCUT2D eigenvalue weighted by molar-refractivity contribution is 0.0488. The molecule has 0 heterocycles. The number of nitrogens with zero attached hydrogens (tertiary/aromatic N) is 1. The van der Waals surface area contributed by atoms with E-state index in [0.29, 0.717) is 24.3 Å². The van der Waals surface area contributed by atoms with Gasteiger partial charge in [0.2, 0.25) is 0 Å². The molecule has 3 N–H and O–H groups in total. The number of rotatable bonds is 22. The summed E-state index contributed by atoms with van der Waals surface area (Å²) in [4.78, 5) is 39.4. The minimum Gasteiger partial charge on any atom is -0.462 e. The van der Waals surface area contributed by atoms with Crippen LogP contribution >= 0.6 is 0 Å². The maximum atomic E-state index is 13.1. The molecule has 2 aromatic carbocycles. The summed E-state index contributed by atoms with van der Waals surface area (Å²) < 4.78 is 10.9. The van der Waals surface area contributed by atoms with Crippen LogP contribution < -0.4 is 20.9 Å². The van der Waals surface area contributed by atoms with Gasteiger partial charge in [-0.05, 0) is 98.5 Å². The van der Waals surface area contributed by atoms with Gasteiger partial charge in [0.1, 0.15) is 0 Å². The van der Waals surface area contributed by atoms with Crippen LogP contribution in [-0.4, -0.2) is 64.9 Å². The Morgan fingerprint density at radius 2 is 1.14 bits per heavy atom. The van der Waals surface area contributed by atoms with Crippen LogP contribution in [0, 0.1) is 10.8 Å². The van der Waals surface area contributed by atoms with E-state index in [0.717, 1.165) is 69.3 Å². The fourth-order valence-corrected chi connectivity index (χ4v) is 7.75. The molecule has 0 bridgehead atoms. The Hall–Kier alpha value is -3.59. The number of hydrogen-bond acceptors (Lipinski definition) is 7. The standard InChI is InChI=1S/C42H66N4O5/c1-41(2)29-36(30-42(3,31-41)32-43-4)45-40(49)46(6)37-25-21-34(22-26-37)39(48)51-28-18-16-14-12-10-8-7-9-11-13-15-17-27-50-38(47)33-19-23-35(44-5)24-20-33/h19-26,36,43-44H,7-18,27-32H2,1-6H3,(H,45,49). The van der Waals surface area contributed by atoms with Crippen LogP contribution in [0.2, 0.25) is 0 Å². The topological polar surface area (TPSA) is 109 Å². The van der Waals surface area contributed by atoms with Crippen molar-refractivity contribution in [1.82, 2.24) is 10.6 Å². The van der Waals surface area contributed by atoms with E-state index in [1.807, 2.05) is 26.2 Å². The van der Waals surface area contributed by atoms with Crippen molar-refractivity contribution in [3.8, 4) is 0 Å². The number of carbonyl (C=O) groups is 3. The van der Waals surface area contributed by atoms with Gasteiger partial charge in [0.25, 0.3) is 0 Å². The summed E-state index contributed by atoms with van der Waals surface area (Å²) in [6.45, 7) is 8.71. The molecule has 3 rings (SSSR count). The molecule has 0 aromatic heterocycles. The average Bonchev–Trinajstić information content (AvgIpc) is 3.10. The second-order valence-corrected chi connectivity index (χ2v) is 15.7. The maximum Gasteiger partial charge on any atom is 0.338 e. The largest absolute Gasteiger partial charge is 0.462 e. The van der Waals surface area contributed by atoms with E-state index in [4.69, 9.17) is 9.47 Å². The third kappa shape index (κ3) is 15.3. The van der Waals surface area contributed by atoms with Crippen LogP contribution in [0.3, 0.4) is 0 Å². The van der Waals surface area contributed by atoms with E-state index in [9.17, 15) is 14.4 Å². The van der Waals surface area contributed by atoms with Crippen LogP contribution in [0.4, 0.5) is 16.2 Å². The molecule has 2 aromatic rings. The van der Waals surface area contributed by atoms with Gasteiger partial charge in [-0.25, -0.2) is 14.4 Å². The first-order valence-corrected chi connectivity index (χ1v) is 19.4. The average molecular weight is 707 g/mol. The van der Waals surface area contributed by atoms with E-state index >= 15 is 0 Å². The molecule has 0 saturated heterocycles. The number of esters is 2. The second kappa shape index (κ2) is 21.7. The summed E-state index contributed by atoms with van der Waals surface area (Å²) in [5.41, 5.74) is 3.10. The SMILES string of the molecule is CNCC1(C)CC(NC(=O)N(C)c2ccc(C(=O)OCCCCCCCCCCCCCCOC(=O)c3ccc(NC)cc3)cc2)CC(C)(C)C1. The minimum absolute atomic E-state index is 0.114. The highest BCUT2D eigenvalue weighted by Gasteiger charge is 2.41. The molecule has 1 fully saturated rings. The van der Waals surface area contributed by atoms with E-state index in [2.05, 4.69) is 36.7 Å². The van der Waals surface area contributed by atoms with Crippen molar-refractivity contribution < 1.29 is 23.9 Å². The van der Waals surface area contributed by atoms with Gasteiger partial charge in [0, 0.05) is 38.1 Å². The Balaban J connectivity index is 1.17. The van der Waals surface area contributed by atoms with E-state index in [-0.39, 0.29) is 34.8 Å². The van der Waals surface area contributed by atoms with Crippen LogP contribution in [0.25, 0.3) is 0 Å². The lowest BCUT2D eigenvalue weighted by Gasteiger charge is -2.47. The molecule has 2 atom stereocenters. The fraction of sp³-hybridized carbons (Fsp3) is 0.643. The highest BCUT2D eigenvalue weighted by molar-refractivity contribution is 5.93. The Kier molecular flexibility index (Phi) is 17.8. The quantitative estimate of drug-likeness (QED) is 0.0827. The van der Waals surface area contributed by atoms with Crippen LogP contribution in [0.5, 0.6) is 0 Å². The molecule has 2 unspecified atom stereocenters. The number of urea groups is 1. The van der Waals surface area contributed by atoms with Gasteiger partial charge in [-0.15, -0.1) is 0 Å². The van der Waals surface area contributed by atoms with Crippen molar-refractivity contribution in [2.45, 2.75) is 123 Å². The van der Waals surface area contributed by atoms with E-state index in [1.165, 1.54) is 44.9 Å². The second-order valence-electron chi connectivity index (χ2n) is 15.7. The molecule has 1 aliphatic rings. The van der Waals surface area contributed by atoms with Crippen LogP contribution in [-0.2, 0) is 9.47 Å². The number of benzene rings is 2. The van der Waals surface area contributed by atoms with Crippen molar-refractivity contribution in [2.24, 2.45) is 10.8 Å². The highest BCUT2D eigenvalue weighted by atomic mass is 16.5. The summed E-state index contributed by atoms with van der Waals surface area (Å²) in [7, 11) is 5.61. The lowest BCUT2D eigenvalue weighted by atomic mass is 9.62. The van der Waals surface area contributed by atoms with Gasteiger partial charge in [0.05, 0.1) is 24.3 Å². The number of hydrogen-bond donors (Lipinski definition) is 3. The molecule has 51 heavy (non-hydrogen) atoms. The first-order chi connectivity index (χ1) is 24.4. The Morgan fingerprint density at radius 3 is 1.59 bits per heavy atom. The van der Waals surface area contributed by atoms with Crippen molar-refractivity contribution in [1.29, 1.82) is 0 Å². The third-order valence-corrected chi connectivity index (χ3v) is 10.1. The molecule has 0 radical (unpaired) electrons. The zero-order valence-corrected chi connectivity index (χ0v) is 32.4. The van der Waals surface area contributed by atoms with E-state index < -0.39 is 0 Å². The van der Waals surface area contributed by atoms with Crippen LogP contribution in [0.15, 0.2) is 48.5 Å². The molecular weight excluding hydrogens is 640 g/mol. The smallest absolute Gasteiger partial charge is 0.338 e. The summed E-state index contributed by atoms with van der Waals surface area (Å²) >= 11 is 0. The molecule has 1 saturated carbocycles. The number of anilines is 2. The number of ether oxygens (including phenoxy) is 2. The van der Waals surface area contributed by atoms with Gasteiger partial charge >= 0.3 is 18.0 Å². The molecule has 2 amide bonds. The maximum absolute atomic E-state index is 13.1. The Bertz CT molecular complexity index is 1330. The first-order valence-electron chi connectivity index (χ1n) is 19.4. The normalized spacial score (nSPS) is 18.1. The predicted molar refractivity (Wildman–Crippen MR) is 209 cm³/mol. The lowest BCUT2D eigenvalue weighted by Crippen LogP contribution is -2.51. The molecule has 284 valence electrons. The van der Waals surface area contributed by atoms with Crippen molar-refractivity contribution in [3.63, 3.8) is 0 Å². The van der Waals surface area contributed by atoms with Gasteiger partial charge in [-0.2, -0.15) is 0 Å². The summed E-state index contributed by atoms with van der Waals surface area (Å²) in [5, 5.41) is 9.63. The fourth-order valence-electron chi connectivity index (χ4n) is 7.75. The Morgan fingerprint density at radius 1 is 0.686 bits per heavy atom. The zero-order valence-electron chi connectivity index (χ0n) is 32.4. The van der Waals surface area contributed by atoms with Gasteiger partial charge in [-0.3, -0.25) is 4.90 Å². The third-order valence-electron chi connectivity index (χ3n) is 10.1. The molecule has 0 aliphatic heterocycles. The minimum atomic E-state index is -0.321. The van der Waals surface area contributed by atoms with Gasteiger partial charge in [0.15, 0.2) is 0 Å². The molecule has 1 aliphatic carbocycles. The molecule has 9 heteroatoms. The predicted octanol–water partition coefficient (Wildman–Crippen LogP) is 9.37. The number of carbonyl (C=O) groups excluding carboxylic acids is 3. The number of amides is 2. The van der Waals surface area contributed by atoms with Crippen molar-refractivity contribution in [2.75, 3.05) is 51.1 Å². The van der Waals surface area contributed by atoms with Crippen molar-refractivity contribution >= 4 is 29.3 Å².